The van der Waals surface area contributed by atoms with Crippen LogP contribution in [0.3, 0.4) is 0 Å². The average Bonchev–Trinajstić information content (AvgIpc) is 2.68. The predicted molar refractivity (Wildman–Crippen MR) is 106 cm³/mol. The van der Waals surface area contributed by atoms with E-state index in [9.17, 15) is 9.90 Å². The molecule has 1 saturated heterocycles. The van der Waals surface area contributed by atoms with Crippen LogP contribution in [0.4, 0.5) is 0 Å². The number of rotatable bonds is 6. The molecule has 2 aromatic rings. The lowest BCUT2D eigenvalue weighted by Crippen LogP contribution is -2.60. The van der Waals surface area contributed by atoms with Gasteiger partial charge in [0.1, 0.15) is 25.0 Å². The number of carbonyl (C=O) groups excluding carboxylic acids is 1. The van der Waals surface area contributed by atoms with Crippen LogP contribution in [0, 0.1) is 0 Å². The van der Waals surface area contributed by atoms with Gasteiger partial charge in [-0.1, -0.05) is 29.8 Å². The summed E-state index contributed by atoms with van der Waals surface area (Å²) in [6.45, 7) is 3.85. The molecule has 1 atom stereocenters. The summed E-state index contributed by atoms with van der Waals surface area (Å²) in [6, 6.07) is 16.5. The van der Waals surface area contributed by atoms with Gasteiger partial charge in [0.2, 0.25) is 0 Å². The third-order valence-electron chi connectivity index (χ3n) is 5.04. The maximum atomic E-state index is 12.6. The van der Waals surface area contributed by atoms with Gasteiger partial charge >= 0.3 is 0 Å². The van der Waals surface area contributed by atoms with Crippen molar-refractivity contribution in [3.63, 3.8) is 0 Å². The Bertz CT molecular complexity index is 744. The molecule has 1 unspecified atom stereocenters. The molecule has 27 heavy (non-hydrogen) atoms. The van der Waals surface area contributed by atoms with Crippen LogP contribution in [0.1, 0.15) is 10.4 Å². The summed E-state index contributed by atoms with van der Waals surface area (Å²) in [6.07, 6.45) is -0.568. The van der Waals surface area contributed by atoms with Crippen molar-refractivity contribution >= 4 is 17.5 Å². The SMILES string of the molecule is C[N+]1(CC(O)COc2ccc(Cl)cc2)CCN(C(=O)c2ccccc2)CC1. The molecule has 0 aliphatic carbocycles. The van der Waals surface area contributed by atoms with Crippen molar-refractivity contribution in [2.45, 2.75) is 6.10 Å². The molecule has 1 fully saturated rings. The minimum atomic E-state index is -0.568. The third-order valence-corrected chi connectivity index (χ3v) is 5.29. The molecule has 0 aromatic heterocycles. The number of hydrogen-bond acceptors (Lipinski definition) is 3. The number of nitrogens with zero attached hydrogens (tertiary/aromatic N) is 2. The van der Waals surface area contributed by atoms with Crippen molar-refractivity contribution in [1.82, 2.24) is 4.90 Å². The number of halogens is 1. The van der Waals surface area contributed by atoms with Gasteiger partial charge in [0, 0.05) is 10.6 Å². The number of aliphatic hydroxyl groups is 1. The van der Waals surface area contributed by atoms with Gasteiger partial charge in [0.15, 0.2) is 0 Å². The van der Waals surface area contributed by atoms with Gasteiger partial charge in [-0.3, -0.25) is 4.79 Å². The lowest BCUT2D eigenvalue weighted by Gasteiger charge is -2.42. The smallest absolute Gasteiger partial charge is 0.254 e. The van der Waals surface area contributed by atoms with Crippen LogP contribution < -0.4 is 4.74 Å². The zero-order chi connectivity index (χ0) is 19.3. The summed E-state index contributed by atoms with van der Waals surface area (Å²) in [5.41, 5.74) is 0.727. The van der Waals surface area contributed by atoms with Gasteiger partial charge in [0.25, 0.3) is 5.91 Å². The Morgan fingerprint density at radius 3 is 2.41 bits per heavy atom. The Kier molecular flexibility index (Phi) is 6.37. The van der Waals surface area contributed by atoms with E-state index in [1.807, 2.05) is 35.2 Å². The number of likely N-dealkylation sites (N-methyl/N-ethyl adjacent to an activating group) is 1. The number of carbonyl (C=O) groups is 1. The zero-order valence-electron chi connectivity index (χ0n) is 15.6. The number of quaternary nitrogens is 1. The Hall–Kier alpha value is -2.08. The van der Waals surface area contributed by atoms with Gasteiger partial charge < -0.3 is 19.2 Å². The lowest BCUT2D eigenvalue weighted by atomic mass is 10.1. The summed E-state index contributed by atoms with van der Waals surface area (Å²) < 4.78 is 6.37. The Morgan fingerprint density at radius 1 is 1.15 bits per heavy atom. The largest absolute Gasteiger partial charge is 0.491 e. The van der Waals surface area contributed by atoms with Crippen molar-refractivity contribution in [1.29, 1.82) is 0 Å². The molecule has 2 aromatic carbocycles. The van der Waals surface area contributed by atoms with Gasteiger partial charge in [-0.2, -0.15) is 0 Å². The van der Waals surface area contributed by atoms with Crippen LogP contribution in [-0.4, -0.2) is 72.9 Å². The maximum Gasteiger partial charge on any atom is 0.254 e. The van der Waals surface area contributed by atoms with E-state index in [1.54, 1.807) is 24.3 Å². The molecule has 144 valence electrons. The van der Waals surface area contributed by atoms with Gasteiger partial charge in [0.05, 0.1) is 33.2 Å². The highest BCUT2D eigenvalue weighted by Crippen LogP contribution is 2.17. The molecule has 1 amide bonds. The molecule has 1 aliphatic heterocycles. The molecule has 0 saturated carbocycles. The molecule has 1 aliphatic rings. The molecule has 1 heterocycles. The minimum Gasteiger partial charge on any atom is -0.491 e. The predicted octanol–water partition coefficient (Wildman–Crippen LogP) is 2.68. The lowest BCUT2D eigenvalue weighted by molar-refractivity contribution is -0.916. The van der Waals surface area contributed by atoms with E-state index in [0.29, 0.717) is 30.4 Å². The molecule has 1 N–H and O–H groups in total. The Morgan fingerprint density at radius 2 is 1.78 bits per heavy atom. The topological polar surface area (TPSA) is 49.8 Å². The summed E-state index contributed by atoms with van der Waals surface area (Å²) >= 11 is 5.86. The van der Waals surface area contributed by atoms with Crippen molar-refractivity contribution in [3.05, 3.63) is 65.2 Å². The fraction of sp³-hybridized carbons (Fsp3) is 0.381. The molecule has 6 heteroatoms. The first-order valence-electron chi connectivity index (χ1n) is 9.19. The summed E-state index contributed by atoms with van der Waals surface area (Å²) in [5, 5.41) is 11.0. The van der Waals surface area contributed by atoms with Crippen molar-refractivity contribution < 1.29 is 19.1 Å². The van der Waals surface area contributed by atoms with E-state index in [4.69, 9.17) is 16.3 Å². The fourth-order valence-corrected chi connectivity index (χ4v) is 3.51. The number of piperazine rings is 1. The number of aliphatic hydroxyl groups excluding tert-OH is 1. The first-order valence-corrected chi connectivity index (χ1v) is 9.57. The van der Waals surface area contributed by atoms with E-state index in [0.717, 1.165) is 23.1 Å². The average molecular weight is 390 g/mol. The second-order valence-corrected chi connectivity index (χ2v) is 7.76. The van der Waals surface area contributed by atoms with Crippen LogP contribution in [0.2, 0.25) is 5.02 Å². The maximum absolute atomic E-state index is 12.6. The van der Waals surface area contributed by atoms with E-state index in [1.165, 1.54) is 0 Å². The van der Waals surface area contributed by atoms with Crippen molar-refractivity contribution in [2.75, 3.05) is 46.4 Å². The molecule has 3 rings (SSSR count). The van der Waals surface area contributed by atoms with Gasteiger partial charge in [-0.05, 0) is 36.4 Å². The highest BCUT2D eigenvalue weighted by molar-refractivity contribution is 6.30. The summed E-state index contributed by atoms with van der Waals surface area (Å²) in [4.78, 5) is 14.5. The monoisotopic (exact) mass is 389 g/mol. The third kappa shape index (κ3) is 5.45. The first kappa shape index (κ1) is 19.7. The highest BCUT2D eigenvalue weighted by atomic mass is 35.5. The fourth-order valence-electron chi connectivity index (χ4n) is 3.38. The van der Waals surface area contributed by atoms with Crippen LogP contribution in [0.5, 0.6) is 5.75 Å². The van der Waals surface area contributed by atoms with Crippen LogP contribution >= 0.6 is 11.6 Å². The van der Waals surface area contributed by atoms with Crippen LogP contribution in [0.15, 0.2) is 54.6 Å². The van der Waals surface area contributed by atoms with Crippen LogP contribution in [0.25, 0.3) is 0 Å². The van der Waals surface area contributed by atoms with Gasteiger partial charge in [-0.25, -0.2) is 0 Å². The van der Waals surface area contributed by atoms with E-state index < -0.39 is 6.10 Å². The second kappa shape index (κ2) is 8.74. The van der Waals surface area contributed by atoms with Gasteiger partial charge in [-0.15, -0.1) is 0 Å². The van der Waals surface area contributed by atoms with E-state index >= 15 is 0 Å². The highest BCUT2D eigenvalue weighted by Gasteiger charge is 2.33. The van der Waals surface area contributed by atoms with E-state index in [2.05, 4.69) is 7.05 Å². The number of amides is 1. The van der Waals surface area contributed by atoms with E-state index in [-0.39, 0.29) is 12.5 Å². The zero-order valence-corrected chi connectivity index (χ0v) is 16.3. The molecule has 0 radical (unpaired) electrons. The molecular formula is C21H26ClN2O3+. The molecule has 0 spiro atoms. The number of benzene rings is 2. The molecular weight excluding hydrogens is 364 g/mol. The normalized spacial score (nSPS) is 17.4. The van der Waals surface area contributed by atoms with Crippen molar-refractivity contribution in [3.8, 4) is 5.75 Å². The van der Waals surface area contributed by atoms with Crippen molar-refractivity contribution in [2.24, 2.45) is 0 Å². The number of ether oxygens (including phenoxy) is 1. The quantitative estimate of drug-likeness (QED) is 0.773. The second-order valence-electron chi connectivity index (χ2n) is 7.33. The first-order chi connectivity index (χ1) is 13.0. The Labute approximate surface area is 165 Å². The standard InChI is InChI=1S/C21H26ClN2O3/c1-24(15-19(25)16-27-20-9-7-18(22)8-10-20)13-11-23(12-14-24)21(26)17-5-3-2-4-6-17/h2-10,19,25H,11-16H2,1H3/q+1. The van der Waals surface area contributed by atoms with Crippen LogP contribution in [-0.2, 0) is 0 Å². The Balaban J connectivity index is 1.47. The molecule has 5 nitrogen and oxygen atoms in total. The summed E-state index contributed by atoms with van der Waals surface area (Å²) in [5.74, 6) is 0.771. The number of hydrogen-bond donors (Lipinski definition) is 1. The summed E-state index contributed by atoms with van der Waals surface area (Å²) in [7, 11) is 2.12. The molecule has 0 bridgehead atoms. The minimum absolute atomic E-state index is 0.0773.